The lowest BCUT2D eigenvalue weighted by molar-refractivity contribution is -0.166. The second-order valence-corrected chi connectivity index (χ2v) is 13.0. The average Bonchev–Trinajstić information content (AvgIpc) is 3.22. The fourth-order valence-electron chi connectivity index (χ4n) is 6.38. The fourth-order valence-corrected chi connectivity index (χ4v) is 6.38. The number of unbranched alkanes of at least 4 members (excludes halogenated alkanes) is 1. The van der Waals surface area contributed by atoms with Crippen LogP contribution in [0.2, 0.25) is 0 Å². The third-order valence-corrected chi connectivity index (χ3v) is 9.23. The predicted molar refractivity (Wildman–Crippen MR) is 206 cm³/mol. The number of amidine groups is 1. The van der Waals surface area contributed by atoms with E-state index < -0.39 is 35.9 Å². The number of hydrogen-bond acceptors (Lipinski definition) is 8. The smallest absolute Gasteiger partial charge is 0.338 e. The highest BCUT2D eigenvalue weighted by Crippen LogP contribution is 2.32. The van der Waals surface area contributed by atoms with Crippen molar-refractivity contribution in [2.24, 2.45) is 5.73 Å². The first-order valence-corrected chi connectivity index (χ1v) is 18.1. The largest absolute Gasteiger partial charge is 0.493 e. The van der Waals surface area contributed by atoms with E-state index in [1.165, 1.54) is 15.9 Å². The molecule has 5 aromatic carbocycles. The minimum absolute atomic E-state index is 0.112. The molecule has 11 heteroatoms. The second-order valence-electron chi connectivity index (χ2n) is 13.0. The molecule has 5 aromatic rings. The Balaban J connectivity index is 1.05. The maximum absolute atomic E-state index is 14.1. The van der Waals surface area contributed by atoms with Gasteiger partial charge in [0.05, 0.1) is 17.7 Å². The molecule has 1 heterocycles. The van der Waals surface area contributed by atoms with Gasteiger partial charge in [-0.1, -0.05) is 121 Å². The summed E-state index contributed by atoms with van der Waals surface area (Å²) in [4.78, 5) is 56.7. The molecule has 0 aliphatic carbocycles. The van der Waals surface area contributed by atoms with Crippen LogP contribution in [0, 0.1) is 5.41 Å². The number of carbonyl (C=O) groups excluding carboxylic acids is 4. The van der Waals surface area contributed by atoms with Gasteiger partial charge >= 0.3 is 23.8 Å². The van der Waals surface area contributed by atoms with Gasteiger partial charge in [0.2, 0.25) is 0 Å². The van der Waals surface area contributed by atoms with E-state index in [4.69, 9.17) is 25.4 Å². The molecule has 280 valence electrons. The summed E-state index contributed by atoms with van der Waals surface area (Å²) in [6.07, 6.45) is 0.332. The van der Waals surface area contributed by atoms with Crippen LogP contribution in [0.4, 0.5) is 0 Å². The lowest BCUT2D eigenvalue weighted by Gasteiger charge is -2.38. The topological polar surface area (TPSA) is 152 Å². The van der Waals surface area contributed by atoms with Crippen LogP contribution in [0.15, 0.2) is 140 Å². The minimum Gasteiger partial charge on any atom is -0.493 e. The van der Waals surface area contributed by atoms with Crippen LogP contribution in [0.3, 0.4) is 0 Å². The van der Waals surface area contributed by atoms with Crippen molar-refractivity contribution in [1.29, 1.82) is 5.41 Å². The number of hydrogen-bond donors (Lipinski definition) is 2. The quantitative estimate of drug-likeness (QED) is 0.0398. The van der Waals surface area contributed by atoms with Crippen LogP contribution in [0.25, 0.3) is 0 Å². The van der Waals surface area contributed by atoms with E-state index in [0.717, 1.165) is 16.7 Å². The van der Waals surface area contributed by atoms with Crippen molar-refractivity contribution in [3.63, 3.8) is 0 Å². The van der Waals surface area contributed by atoms with E-state index >= 15 is 0 Å². The second kappa shape index (κ2) is 18.3. The zero-order valence-electron chi connectivity index (χ0n) is 30.2. The molecule has 55 heavy (non-hydrogen) atoms. The fraction of sp³-hybridized carbons (Fsp3) is 0.205. The number of nitrogen functional groups attached to an aromatic ring is 1. The van der Waals surface area contributed by atoms with E-state index in [9.17, 15) is 19.2 Å². The third kappa shape index (κ3) is 9.63. The molecule has 0 saturated carbocycles. The van der Waals surface area contributed by atoms with E-state index in [0.29, 0.717) is 30.7 Å². The van der Waals surface area contributed by atoms with E-state index in [2.05, 4.69) is 0 Å². The van der Waals surface area contributed by atoms with Crippen molar-refractivity contribution in [2.45, 2.75) is 31.6 Å². The highest BCUT2D eigenvalue weighted by Gasteiger charge is 2.41. The number of esters is 2. The number of ether oxygens (including phenoxy) is 3. The summed E-state index contributed by atoms with van der Waals surface area (Å²) in [5.74, 6) is -2.59. The zero-order chi connectivity index (χ0) is 38.6. The van der Waals surface area contributed by atoms with Crippen molar-refractivity contribution in [2.75, 3.05) is 26.2 Å². The molecule has 0 spiro atoms. The summed E-state index contributed by atoms with van der Waals surface area (Å²) < 4.78 is 17.5. The summed E-state index contributed by atoms with van der Waals surface area (Å²) in [6.45, 7) is 1.03. The third-order valence-electron chi connectivity index (χ3n) is 9.23. The van der Waals surface area contributed by atoms with Gasteiger partial charge < -0.3 is 29.7 Å². The predicted octanol–water partition coefficient (Wildman–Crippen LogP) is 6.23. The SMILES string of the molecule is N=C(N)c1cc(C(=O)OCc2ccccc2)ccc1OCCCCN1CCN(C(C(=O)OC(c2ccccc2)c2ccccc2)c2ccccc2)C(=O)C1=O. The number of nitrogens with two attached hydrogens (primary N) is 1. The van der Waals surface area contributed by atoms with Gasteiger partial charge in [-0.05, 0) is 53.3 Å². The molecule has 1 unspecified atom stereocenters. The van der Waals surface area contributed by atoms with Crippen molar-refractivity contribution in [3.8, 4) is 5.75 Å². The maximum Gasteiger partial charge on any atom is 0.338 e. The van der Waals surface area contributed by atoms with Crippen LogP contribution >= 0.6 is 0 Å². The molecule has 3 N–H and O–H groups in total. The van der Waals surface area contributed by atoms with E-state index in [1.54, 1.807) is 36.4 Å². The molecule has 6 rings (SSSR count). The first kappa shape index (κ1) is 38.0. The molecular weight excluding hydrogens is 697 g/mol. The number of nitrogens with zero attached hydrogens (tertiary/aromatic N) is 2. The molecule has 0 radical (unpaired) electrons. The molecule has 0 bridgehead atoms. The van der Waals surface area contributed by atoms with Crippen molar-refractivity contribution < 1.29 is 33.4 Å². The Bertz CT molecular complexity index is 2060. The number of benzene rings is 5. The molecule has 1 atom stereocenters. The zero-order valence-corrected chi connectivity index (χ0v) is 30.2. The minimum atomic E-state index is -1.13. The molecule has 1 aliphatic rings. The number of piperazine rings is 1. The van der Waals surface area contributed by atoms with Crippen LogP contribution in [-0.2, 0) is 30.5 Å². The summed E-state index contributed by atoms with van der Waals surface area (Å²) in [7, 11) is 0. The van der Waals surface area contributed by atoms with Crippen molar-refractivity contribution in [3.05, 3.63) is 173 Å². The maximum atomic E-state index is 14.1. The first-order valence-electron chi connectivity index (χ1n) is 18.1. The Hall–Kier alpha value is -6.75. The van der Waals surface area contributed by atoms with Crippen LogP contribution < -0.4 is 10.5 Å². The lowest BCUT2D eigenvalue weighted by Crippen LogP contribution is -2.56. The van der Waals surface area contributed by atoms with Crippen LogP contribution in [0.5, 0.6) is 5.75 Å². The van der Waals surface area contributed by atoms with Gasteiger partial charge in [-0.25, -0.2) is 9.59 Å². The van der Waals surface area contributed by atoms with Gasteiger partial charge in [-0.2, -0.15) is 0 Å². The Morgan fingerprint density at radius 1 is 0.709 bits per heavy atom. The Labute approximate surface area is 319 Å². The van der Waals surface area contributed by atoms with Crippen LogP contribution in [-0.4, -0.2) is 65.6 Å². The number of carbonyl (C=O) groups is 4. The summed E-state index contributed by atoms with van der Waals surface area (Å²) >= 11 is 0. The molecule has 1 saturated heterocycles. The molecule has 1 aliphatic heterocycles. The highest BCUT2D eigenvalue weighted by molar-refractivity contribution is 6.35. The first-order chi connectivity index (χ1) is 26.8. The van der Waals surface area contributed by atoms with Crippen molar-refractivity contribution >= 4 is 29.6 Å². The van der Waals surface area contributed by atoms with Crippen LogP contribution in [0.1, 0.15) is 63.2 Å². The molecule has 1 fully saturated rings. The monoisotopic (exact) mass is 738 g/mol. The Morgan fingerprint density at radius 2 is 1.29 bits per heavy atom. The van der Waals surface area contributed by atoms with Gasteiger partial charge in [0.25, 0.3) is 0 Å². The van der Waals surface area contributed by atoms with E-state index in [1.807, 2.05) is 97.1 Å². The van der Waals surface area contributed by atoms with Gasteiger partial charge in [0.1, 0.15) is 18.2 Å². The van der Waals surface area contributed by atoms with Gasteiger partial charge in [0, 0.05) is 19.6 Å². The molecular formula is C44H42N4O7. The molecule has 0 aromatic heterocycles. The summed E-state index contributed by atoms with van der Waals surface area (Å²) in [5, 5.41) is 8.02. The Morgan fingerprint density at radius 3 is 1.89 bits per heavy atom. The van der Waals surface area contributed by atoms with Gasteiger partial charge in [0.15, 0.2) is 12.1 Å². The number of amides is 2. The summed E-state index contributed by atoms with van der Waals surface area (Å²) in [5.41, 5.74) is 9.26. The number of rotatable bonds is 16. The summed E-state index contributed by atoms with van der Waals surface area (Å²) in [6, 6.07) is 40.4. The average molecular weight is 739 g/mol. The Kier molecular flexibility index (Phi) is 12.7. The standard InChI is InChI=1S/C44H42N4O7/c45-40(46)36-29-35(43(51)54-30-31-15-5-1-6-16-31)23-24-37(36)53-28-14-13-25-47-26-27-48(42(50)41(47)49)38(32-17-7-2-8-18-32)44(52)55-39(33-19-9-3-10-20-33)34-21-11-4-12-22-34/h1-12,15-24,29,38-39H,13-14,25-28,30H2,(H3,45,46). The van der Waals surface area contributed by atoms with Gasteiger partial charge in [-0.3, -0.25) is 15.0 Å². The van der Waals surface area contributed by atoms with Crippen molar-refractivity contribution in [1.82, 2.24) is 9.80 Å². The lowest BCUT2D eigenvalue weighted by atomic mass is 10.0. The molecule has 2 amide bonds. The van der Waals surface area contributed by atoms with Gasteiger partial charge in [-0.15, -0.1) is 0 Å². The highest BCUT2D eigenvalue weighted by atomic mass is 16.5. The normalized spacial score (nSPS) is 13.3. The van der Waals surface area contributed by atoms with E-state index in [-0.39, 0.29) is 43.3 Å². The number of nitrogens with one attached hydrogen (secondary N) is 1. The molecule has 11 nitrogen and oxygen atoms in total.